The number of hydrogen-bond donors (Lipinski definition) is 1. The molecule has 0 bridgehead atoms. The van der Waals surface area contributed by atoms with Crippen LogP contribution in [-0.2, 0) is 26.2 Å². The molecule has 3 aromatic rings. The standard InChI is InChI=1S/C31H35NO7S/c1-20-13-26(37-12-11-32-40(34,35)27-8-9-27)14-21(2)31(20)23-6-4-5-22(15-23)18-38-25-7-10-28-24(16-30(33)36-3)19-39-29(28)17-25/h4-7,10,13-15,17,24,27,32H,8-9,11-12,16,18-19H2,1-3H3. The van der Waals surface area contributed by atoms with Gasteiger partial charge < -0.3 is 18.9 Å². The summed E-state index contributed by atoms with van der Waals surface area (Å²) < 4.78 is 49.1. The molecule has 3 aromatic carbocycles. The summed E-state index contributed by atoms with van der Waals surface area (Å²) in [4.78, 5) is 11.7. The maximum absolute atomic E-state index is 12.0. The number of carbonyl (C=O) groups excluding carboxylic acids is 1. The van der Waals surface area contributed by atoms with Crippen molar-refractivity contribution in [3.63, 3.8) is 0 Å². The van der Waals surface area contributed by atoms with Crippen molar-refractivity contribution in [2.75, 3.05) is 26.9 Å². The number of esters is 1. The highest BCUT2D eigenvalue weighted by atomic mass is 32.2. The maximum Gasteiger partial charge on any atom is 0.306 e. The van der Waals surface area contributed by atoms with Gasteiger partial charge in [0, 0.05) is 24.1 Å². The second-order valence-corrected chi connectivity index (χ2v) is 12.4. The molecule has 1 fully saturated rings. The maximum atomic E-state index is 12.0. The summed E-state index contributed by atoms with van der Waals surface area (Å²) in [5.74, 6) is 1.92. The first-order chi connectivity index (χ1) is 19.2. The van der Waals surface area contributed by atoms with Crippen molar-refractivity contribution in [1.82, 2.24) is 4.72 Å². The van der Waals surface area contributed by atoms with Crippen LogP contribution in [0.4, 0.5) is 0 Å². The normalized spacial score (nSPS) is 16.2. The first kappa shape index (κ1) is 28.0. The third kappa shape index (κ3) is 6.59. The minimum absolute atomic E-state index is 0.00316. The van der Waals surface area contributed by atoms with Gasteiger partial charge in [0.25, 0.3) is 0 Å². The molecule has 1 aliphatic carbocycles. The van der Waals surface area contributed by atoms with Crippen LogP contribution in [0.3, 0.4) is 0 Å². The Balaban J connectivity index is 1.20. The number of nitrogens with one attached hydrogen (secondary N) is 1. The summed E-state index contributed by atoms with van der Waals surface area (Å²) in [5, 5.41) is -0.230. The summed E-state index contributed by atoms with van der Waals surface area (Å²) in [7, 11) is -1.81. The zero-order chi connectivity index (χ0) is 28.3. The monoisotopic (exact) mass is 565 g/mol. The number of methoxy groups -OCH3 is 1. The van der Waals surface area contributed by atoms with E-state index in [1.807, 2.05) is 56.3 Å². The van der Waals surface area contributed by atoms with Crippen molar-refractivity contribution >= 4 is 16.0 Å². The van der Waals surface area contributed by atoms with Gasteiger partial charge in [0.1, 0.15) is 30.5 Å². The molecule has 2 aliphatic rings. The Morgan fingerprint density at radius 3 is 2.50 bits per heavy atom. The van der Waals surface area contributed by atoms with E-state index in [0.717, 1.165) is 57.7 Å². The fourth-order valence-corrected chi connectivity index (χ4v) is 6.46. The number of ether oxygens (including phenoxy) is 4. The number of aryl methyl sites for hydroxylation is 2. The van der Waals surface area contributed by atoms with E-state index in [9.17, 15) is 13.2 Å². The van der Waals surface area contributed by atoms with E-state index in [1.54, 1.807) is 0 Å². The Morgan fingerprint density at radius 1 is 1.00 bits per heavy atom. The van der Waals surface area contributed by atoms with Crippen molar-refractivity contribution in [2.45, 2.75) is 50.9 Å². The Kier molecular flexibility index (Phi) is 8.32. The molecule has 5 rings (SSSR count). The summed E-state index contributed by atoms with van der Waals surface area (Å²) in [6.45, 7) is 5.48. The lowest BCUT2D eigenvalue weighted by Gasteiger charge is -2.15. The SMILES string of the molecule is COC(=O)CC1COc2cc(OCc3cccc(-c4c(C)cc(OCCNS(=O)(=O)C5CC5)cc4C)c3)ccc21. The lowest BCUT2D eigenvalue weighted by molar-refractivity contribution is -0.141. The summed E-state index contributed by atoms with van der Waals surface area (Å²) in [5.41, 5.74) is 6.39. The highest BCUT2D eigenvalue weighted by molar-refractivity contribution is 7.90. The Bertz CT molecular complexity index is 1470. The van der Waals surface area contributed by atoms with Crippen LogP contribution in [0.15, 0.2) is 54.6 Å². The van der Waals surface area contributed by atoms with Gasteiger partial charge in [-0.05, 0) is 78.8 Å². The summed E-state index contributed by atoms with van der Waals surface area (Å²) >= 11 is 0. The molecule has 1 aliphatic heterocycles. The predicted molar refractivity (Wildman–Crippen MR) is 152 cm³/mol. The Morgan fingerprint density at radius 2 is 1.77 bits per heavy atom. The minimum Gasteiger partial charge on any atom is -0.492 e. The molecule has 1 atom stereocenters. The molecule has 212 valence electrons. The zero-order valence-corrected chi connectivity index (χ0v) is 23.9. The molecule has 0 amide bonds. The van der Waals surface area contributed by atoms with Gasteiger partial charge in [-0.25, -0.2) is 13.1 Å². The third-order valence-corrected chi connectivity index (χ3v) is 9.23. The number of hydrogen-bond acceptors (Lipinski definition) is 7. The minimum atomic E-state index is -3.20. The molecule has 8 nitrogen and oxygen atoms in total. The number of carbonyl (C=O) groups is 1. The molecule has 0 radical (unpaired) electrons. The van der Waals surface area contributed by atoms with Gasteiger partial charge in [0.05, 0.1) is 25.4 Å². The van der Waals surface area contributed by atoms with E-state index in [1.165, 1.54) is 7.11 Å². The van der Waals surface area contributed by atoms with Crippen molar-refractivity contribution in [1.29, 1.82) is 0 Å². The summed E-state index contributed by atoms with van der Waals surface area (Å²) in [6.07, 6.45) is 1.78. The van der Waals surface area contributed by atoms with Gasteiger partial charge in [-0.2, -0.15) is 0 Å². The van der Waals surface area contributed by atoms with Crippen LogP contribution in [0.1, 0.15) is 47.4 Å². The molecule has 9 heteroatoms. The molecule has 1 N–H and O–H groups in total. The Labute approximate surface area is 235 Å². The van der Waals surface area contributed by atoms with Crippen molar-refractivity contribution in [2.24, 2.45) is 0 Å². The van der Waals surface area contributed by atoms with E-state index >= 15 is 0 Å². The summed E-state index contributed by atoms with van der Waals surface area (Å²) in [6, 6.07) is 18.0. The van der Waals surface area contributed by atoms with Crippen LogP contribution in [-0.4, -0.2) is 46.5 Å². The van der Waals surface area contributed by atoms with Crippen molar-refractivity contribution in [3.05, 3.63) is 76.9 Å². The highest BCUT2D eigenvalue weighted by Crippen LogP contribution is 2.39. The second-order valence-electron chi connectivity index (χ2n) is 10.4. The van der Waals surface area contributed by atoms with Crippen LogP contribution in [0.2, 0.25) is 0 Å². The molecule has 1 heterocycles. The second kappa shape index (κ2) is 11.9. The fraction of sp³-hybridized carbons (Fsp3) is 0.387. The average molecular weight is 566 g/mol. The van der Waals surface area contributed by atoms with E-state index < -0.39 is 10.0 Å². The molecular weight excluding hydrogens is 530 g/mol. The van der Waals surface area contributed by atoms with Gasteiger partial charge in [-0.1, -0.05) is 24.3 Å². The van der Waals surface area contributed by atoms with Gasteiger partial charge >= 0.3 is 5.97 Å². The first-order valence-electron chi connectivity index (χ1n) is 13.5. The quantitative estimate of drug-likeness (QED) is 0.242. The van der Waals surface area contributed by atoms with E-state index in [-0.39, 0.29) is 30.3 Å². The Hall–Kier alpha value is -3.56. The van der Waals surface area contributed by atoms with E-state index in [0.29, 0.717) is 25.4 Å². The molecular formula is C31H35NO7S. The van der Waals surface area contributed by atoms with Crippen molar-refractivity contribution in [3.8, 4) is 28.4 Å². The predicted octanol–water partition coefficient (Wildman–Crippen LogP) is 5.05. The lowest BCUT2D eigenvalue weighted by Crippen LogP contribution is -2.31. The van der Waals surface area contributed by atoms with Gasteiger partial charge in [0.2, 0.25) is 10.0 Å². The van der Waals surface area contributed by atoms with Gasteiger partial charge in [-0.3, -0.25) is 4.79 Å². The van der Waals surface area contributed by atoms with Crippen molar-refractivity contribution < 1.29 is 32.2 Å². The number of fused-ring (bicyclic) bond motifs is 1. The van der Waals surface area contributed by atoms with Crippen LogP contribution in [0.25, 0.3) is 11.1 Å². The van der Waals surface area contributed by atoms with Crippen LogP contribution in [0.5, 0.6) is 17.2 Å². The zero-order valence-electron chi connectivity index (χ0n) is 23.1. The lowest BCUT2D eigenvalue weighted by atomic mass is 9.94. The molecule has 0 saturated heterocycles. The molecule has 1 saturated carbocycles. The third-order valence-electron chi connectivity index (χ3n) is 7.27. The van der Waals surface area contributed by atoms with Crippen LogP contribution in [0, 0.1) is 13.8 Å². The highest BCUT2D eigenvalue weighted by Gasteiger charge is 2.35. The number of rotatable bonds is 12. The molecule has 1 unspecified atom stereocenters. The number of sulfonamides is 1. The smallest absolute Gasteiger partial charge is 0.306 e. The van der Waals surface area contributed by atoms with E-state index in [4.69, 9.17) is 18.9 Å². The van der Waals surface area contributed by atoms with Crippen LogP contribution >= 0.6 is 0 Å². The van der Waals surface area contributed by atoms with Gasteiger partial charge in [-0.15, -0.1) is 0 Å². The largest absolute Gasteiger partial charge is 0.492 e. The topological polar surface area (TPSA) is 100 Å². The average Bonchev–Trinajstić information content (AvgIpc) is 3.73. The van der Waals surface area contributed by atoms with Gasteiger partial charge in [0.15, 0.2) is 0 Å². The number of benzene rings is 3. The van der Waals surface area contributed by atoms with Crippen LogP contribution < -0.4 is 18.9 Å². The molecule has 40 heavy (non-hydrogen) atoms. The van der Waals surface area contributed by atoms with E-state index in [2.05, 4.69) is 16.9 Å². The molecule has 0 spiro atoms. The first-order valence-corrected chi connectivity index (χ1v) is 15.1. The molecule has 0 aromatic heterocycles. The fourth-order valence-electron chi connectivity index (χ4n) is 5.10.